The van der Waals surface area contributed by atoms with Crippen LogP contribution in [0.1, 0.15) is 42.6 Å². The molecule has 1 unspecified atom stereocenters. The van der Waals surface area contributed by atoms with E-state index in [1.54, 1.807) is 0 Å². The molecule has 19 heavy (non-hydrogen) atoms. The van der Waals surface area contributed by atoms with Gasteiger partial charge in [-0.15, -0.1) is 0 Å². The SMILES string of the molecule is CCCC(NCc1ccc(C)cn1)c1ccccc1. The third-order valence-electron chi connectivity index (χ3n) is 3.28. The van der Waals surface area contributed by atoms with Crippen molar-refractivity contribution in [2.24, 2.45) is 0 Å². The Morgan fingerprint density at radius 2 is 1.89 bits per heavy atom. The summed E-state index contributed by atoms with van der Waals surface area (Å²) in [5.41, 5.74) is 3.66. The topological polar surface area (TPSA) is 24.9 Å². The van der Waals surface area contributed by atoms with E-state index >= 15 is 0 Å². The highest BCUT2D eigenvalue weighted by Gasteiger charge is 2.09. The van der Waals surface area contributed by atoms with Crippen LogP contribution in [0.25, 0.3) is 0 Å². The van der Waals surface area contributed by atoms with Gasteiger partial charge in [0, 0.05) is 18.8 Å². The van der Waals surface area contributed by atoms with Gasteiger partial charge >= 0.3 is 0 Å². The molecule has 1 aromatic heterocycles. The van der Waals surface area contributed by atoms with Crippen molar-refractivity contribution in [3.8, 4) is 0 Å². The first kappa shape index (κ1) is 13.8. The molecule has 0 fully saturated rings. The Labute approximate surface area is 115 Å². The minimum Gasteiger partial charge on any atom is -0.304 e. The number of aromatic nitrogens is 1. The Balaban J connectivity index is 1.99. The van der Waals surface area contributed by atoms with Gasteiger partial charge in [-0.25, -0.2) is 0 Å². The fourth-order valence-electron chi connectivity index (χ4n) is 2.19. The molecule has 0 aliphatic rings. The summed E-state index contributed by atoms with van der Waals surface area (Å²) in [5.74, 6) is 0. The number of nitrogens with zero attached hydrogens (tertiary/aromatic N) is 1. The van der Waals surface area contributed by atoms with Crippen LogP contribution in [0.15, 0.2) is 48.7 Å². The van der Waals surface area contributed by atoms with Gasteiger partial charge in [-0.2, -0.15) is 0 Å². The van der Waals surface area contributed by atoms with Crippen LogP contribution in [0.4, 0.5) is 0 Å². The fourth-order valence-corrected chi connectivity index (χ4v) is 2.19. The van der Waals surface area contributed by atoms with E-state index < -0.39 is 0 Å². The molecule has 0 amide bonds. The summed E-state index contributed by atoms with van der Waals surface area (Å²) in [6, 6.07) is 15.3. The Hall–Kier alpha value is -1.67. The normalized spacial score (nSPS) is 12.3. The third-order valence-corrected chi connectivity index (χ3v) is 3.28. The fraction of sp³-hybridized carbons (Fsp3) is 0.353. The zero-order valence-electron chi connectivity index (χ0n) is 11.8. The zero-order chi connectivity index (χ0) is 13.5. The van der Waals surface area contributed by atoms with E-state index in [4.69, 9.17) is 0 Å². The van der Waals surface area contributed by atoms with Crippen molar-refractivity contribution >= 4 is 0 Å². The number of hydrogen-bond donors (Lipinski definition) is 1. The van der Waals surface area contributed by atoms with Crippen LogP contribution in [-0.4, -0.2) is 4.98 Å². The Bertz CT molecular complexity index is 476. The van der Waals surface area contributed by atoms with Crippen LogP contribution in [0.3, 0.4) is 0 Å². The van der Waals surface area contributed by atoms with Crippen molar-refractivity contribution in [2.45, 2.75) is 39.3 Å². The number of benzene rings is 1. The molecule has 0 bridgehead atoms. The lowest BCUT2D eigenvalue weighted by Gasteiger charge is -2.18. The molecule has 0 saturated heterocycles. The van der Waals surface area contributed by atoms with Crippen molar-refractivity contribution in [3.63, 3.8) is 0 Å². The molecule has 1 N–H and O–H groups in total. The lowest BCUT2D eigenvalue weighted by Crippen LogP contribution is -2.21. The second-order valence-electron chi connectivity index (χ2n) is 4.96. The highest BCUT2D eigenvalue weighted by Crippen LogP contribution is 2.18. The maximum absolute atomic E-state index is 4.44. The lowest BCUT2D eigenvalue weighted by molar-refractivity contribution is 0.489. The summed E-state index contributed by atoms with van der Waals surface area (Å²) in [4.78, 5) is 4.44. The summed E-state index contributed by atoms with van der Waals surface area (Å²) in [7, 11) is 0. The van der Waals surface area contributed by atoms with Gasteiger partial charge in [0.05, 0.1) is 5.69 Å². The van der Waals surface area contributed by atoms with Crippen molar-refractivity contribution in [1.29, 1.82) is 0 Å². The monoisotopic (exact) mass is 254 g/mol. The molecule has 2 heteroatoms. The van der Waals surface area contributed by atoms with E-state index in [0.717, 1.165) is 18.7 Å². The second kappa shape index (κ2) is 7.05. The van der Waals surface area contributed by atoms with Crippen molar-refractivity contribution < 1.29 is 0 Å². The number of pyridine rings is 1. The summed E-state index contributed by atoms with van der Waals surface area (Å²) in [5, 5.41) is 3.61. The third kappa shape index (κ3) is 4.18. The van der Waals surface area contributed by atoms with Gasteiger partial charge in [0.2, 0.25) is 0 Å². The molecular weight excluding hydrogens is 232 g/mol. The molecule has 2 rings (SSSR count). The maximum Gasteiger partial charge on any atom is 0.0542 e. The van der Waals surface area contributed by atoms with E-state index in [0.29, 0.717) is 6.04 Å². The van der Waals surface area contributed by atoms with E-state index in [9.17, 15) is 0 Å². The van der Waals surface area contributed by atoms with E-state index in [1.165, 1.54) is 17.5 Å². The van der Waals surface area contributed by atoms with Gasteiger partial charge in [0.25, 0.3) is 0 Å². The van der Waals surface area contributed by atoms with Gasteiger partial charge in [-0.3, -0.25) is 4.98 Å². The molecule has 2 nitrogen and oxygen atoms in total. The van der Waals surface area contributed by atoms with Crippen molar-refractivity contribution in [2.75, 3.05) is 0 Å². The van der Waals surface area contributed by atoms with E-state index in [2.05, 4.69) is 66.6 Å². The first-order chi connectivity index (χ1) is 9.29. The van der Waals surface area contributed by atoms with Crippen LogP contribution >= 0.6 is 0 Å². The molecule has 0 saturated carbocycles. The molecular formula is C17H22N2. The van der Waals surface area contributed by atoms with Crippen LogP contribution in [0.5, 0.6) is 0 Å². The quantitative estimate of drug-likeness (QED) is 0.842. The second-order valence-corrected chi connectivity index (χ2v) is 4.96. The predicted octanol–water partition coefficient (Wildman–Crippen LogP) is 4.02. The van der Waals surface area contributed by atoms with Gasteiger partial charge in [0.15, 0.2) is 0 Å². The van der Waals surface area contributed by atoms with Gasteiger partial charge < -0.3 is 5.32 Å². The minimum absolute atomic E-state index is 0.411. The average Bonchev–Trinajstić information content (AvgIpc) is 2.46. The van der Waals surface area contributed by atoms with Gasteiger partial charge in [-0.05, 0) is 30.5 Å². The minimum atomic E-state index is 0.411. The highest BCUT2D eigenvalue weighted by atomic mass is 14.9. The van der Waals surface area contributed by atoms with Gasteiger partial charge in [-0.1, -0.05) is 49.7 Å². The van der Waals surface area contributed by atoms with Crippen LogP contribution < -0.4 is 5.32 Å². The Morgan fingerprint density at radius 3 is 2.53 bits per heavy atom. The molecule has 1 aromatic carbocycles. The zero-order valence-corrected chi connectivity index (χ0v) is 11.8. The molecule has 1 heterocycles. The first-order valence-electron chi connectivity index (χ1n) is 6.99. The van der Waals surface area contributed by atoms with Crippen LogP contribution in [0.2, 0.25) is 0 Å². The standard InChI is InChI=1S/C17H22N2/c1-3-7-17(15-8-5-4-6-9-15)19-13-16-11-10-14(2)12-18-16/h4-6,8-12,17,19H,3,7,13H2,1-2H3. The number of aryl methyl sites for hydroxylation is 1. The largest absolute Gasteiger partial charge is 0.304 e. The number of hydrogen-bond acceptors (Lipinski definition) is 2. The first-order valence-corrected chi connectivity index (χ1v) is 6.99. The predicted molar refractivity (Wildman–Crippen MR) is 79.9 cm³/mol. The molecule has 2 aromatic rings. The molecule has 0 aliphatic carbocycles. The lowest BCUT2D eigenvalue weighted by atomic mass is 10.0. The molecule has 1 atom stereocenters. The molecule has 0 aliphatic heterocycles. The highest BCUT2D eigenvalue weighted by molar-refractivity contribution is 5.19. The summed E-state index contributed by atoms with van der Waals surface area (Å²) in [6.45, 7) is 5.11. The summed E-state index contributed by atoms with van der Waals surface area (Å²) < 4.78 is 0. The average molecular weight is 254 g/mol. The number of rotatable bonds is 6. The van der Waals surface area contributed by atoms with Crippen molar-refractivity contribution in [3.05, 3.63) is 65.5 Å². The Kier molecular flexibility index (Phi) is 5.10. The number of nitrogens with one attached hydrogen (secondary N) is 1. The Morgan fingerprint density at radius 1 is 1.11 bits per heavy atom. The smallest absolute Gasteiger partial charge is 0.0542 e. The summed E-state index contributed by atoms with van der Waals surface area (Å²) in [6.07, 6.45) is 4.25. The molecule has 0 radical (unpaired) electrons. The van der Waals surface area contributed by atoms with E-state index in [-0.39, 0.29) is 0 Å². The van der Waals surface area contributed by atoms with Crippen LogP contribution in [0, 0.1) is 6.92 Å². The summed E-state index contributed by atoms with van der Waals surface area (Å²) >= 11 is 0. The maximum atomic E-state index is 4.44. The molecule has 100 valence electrons. The van der Waals surface area contributed by atoms with Crippen LogP contribution in [-0.2, 0) is 6.54 Å². The van der Waals surface area contributed by atoms with E-state index in [1.807, 2.05) is 6.20 Å². The van der Waals surface area contributed by atoms with Gasteiger partial charge in [0.1, 0.15) is 0 Å². The molecule has 0 spiro atoms. The van der Waals surface area contributed by atoms with Crippen molar-refractivity contribution in [1.82, 2.24) is 10.3 Å².